The Morgan fingerprint density at radius 3 is 2.68 bits per heavy atom. The van der Waals surface area contributed by atoms with Crippen LogP contribution in [0.15, 0.2) is 5.16 Å². The smallest absolute Gasteiger partial charge is 0.146 e. The second-order valence-electron chi connectivity index (χ2n) is 5.33. The Balaban J connectivity index is 2.11. The number of β-amino-alcohol motifs (C(OH)–C–C–N with tert-alkyl or cyclic N) is 1. The number of likely N-dealkylation sites (tertiary alicyclic amines) is 1. The largest absolute Gasteiger partial charge is 0.392 e. The van der Waals surface area contributed by atoms with Gasteiger partial charge in [0.25, 0.3) is 0 Å². The zero-order chi connectivity index (χ0) is 14.1. The lowest BCUT2D eigenvalue weighted by Gasteiger charge is -2.27. The number of hydrogen-bond acceptors (Lipinski definition) is 5. The predicted octanol–water partition coefficient (Wildman–Crippen LogP) is 1.35. The van der Waals surface area contributed by atoms with Crippen LogP contribution in [0.25, 0.3) is 0 Å². The van der Waals surface area contributed by atoms with Crippen LogP contribution >= 0.6 is 11.6 Å². The Morgan fingerprint density at radius 1 is 1.37 bits per heavy atom. The van der Waals surface area contributed by atoms with E-state index in [1.807, 2.05) is 19.0 Å². The molecule has 0 saturated carbocycles. The zero-order valence-electron chi connectivity index (χ0n) is 12.0. The minimum atomic E-state index is -0.500. The molecular formula is C13H26ClN3O2. The van der Waals surface area contributed by atoms with Crippen molar-refractivity contribution in [2.24, 2.45) is 5.16 Å². The first-order chi connectivity index (χ1) is 9.08. The van der Waals surface area contributed by atoms with E-state index in [0.29, 0.717) is 18.1 Å². The first-order valence-corrected chi connectivity index (χ1v) is 7.35. The van der Waals surface area contributed by atoms with E-state index < -0.39 is 6.10 Å². The second-order valence-corrected chi connectivity index (χ2v) is 5.77. The highest BCUT2D eigenvalue weighted by Crippen LogP contribution is 2.09. The highest BCUT2D eigenvalue weighted by molar-refractivity contribution is 6.65. The van der Waals surface area contributed by atoms with Crippen molar-refractivity contribution >= 4 is 16.8 Å². The molecule has 112 valence electrons. The lowest BCUT2D eigenvalue weighted by molar-refractivity contribution is 0.0159. The summed E-state index contributed by atoms with van der Waals surface area (Å²) in [4.78, 5) is 9.40. The molecule has 0 aliphatic carbocycles. The second kappa shape index (κ2) is 9.53. The maximum Gasteiger partial charge on any atom is 0.146 e. The molecule has 0 spiro atoms. The van der Waals surface area contributed by atoms with Gasteiger partial charge < -0.3 is 19.7 Å². The van der Waals surface area contributed by atoms with Crippen LogP contribution in [-0.4, -0.2) is 73.1 Å². The lowest BCUT2D eigenvalue weighted by atomic mass is 10.1. The van der Waals surface area contributed by atoms with Crippen molar-refractivity contribution in [3.63, 3.8) is 0 Å². The van der Waals surface area contributed by atoms with E-state index in [4.69, 9.17) is 16.4 Å². The van der Waals surface area contributed by atoms with Gasteiger partial charge in [-0.2, -0.15) is 0 Å². The summed E-state index contributed by atoms with van der Waals surface area (Å²) in [5, 5.41) is 14.1. The van der Waals surface area contributed by atoms with Gasteiger partial charge in [-0.1, -0.05) is 23.2 Å². The highest BCUT2D eigenvalue weighted by Gasteiger charge is 2.14. The van der Waals surface area contributed by atoms with Gasteiger partial charge in [0.2, 0.25) is 0 Å². The van der Waals surface area contributed by atoms with Gasteiger partial charge in [0.15, 0.2) is 0 Å². The first-order valence-electron chi connectivity index (χ1n) is 6.97. The fourth-order valence-electron chi connectivity index (χ4n) is 2.05. The van der Waals surface area contributed by atoms with Crippen molar-refractivity contribution < 1.29 is 9.94 Å². The maximum absolute atomic E-state index is 9.85. The topological polar surface area (TPSA) is 48.3 Å². The number of rotatable bonds is 8. The predicted molar refractivity (Wildman–Crippen MR) is 78.7 cm³/mol. The van der Waals surface area contributed by atoms with Gasteiger partial charge >= 0.3 is 0 Å². The van der Waals surface area contributed by atoms with Crippen LogP contribution in [0.2, 0.25) is 0 Å². The molecule has 1 atom stereocenters. The maximum atomic E-state index is 9.85. The van der Waals surface area contributed by atoms with E-state index in [1.165, 1.54) is 19.3 Å². The molecule has 1 aliphatic heterocycles. The molecule has 0 amide bonds. The molecule has 1 aliphatic rings. The third kappa shape index (κ3) is 8.42. The van der Waals surface area contributed by atoms with Crippen LogP contribution in [0.5, 0.6) is 0 Å². The third-order valence-corrected chi connectivity index (χ3v) is 3.37. The summed E-state index contributed by atoms with van der Waals surface area (Å²) in [6.07, 6.45) is 3.91. The summed E-state index contributed by atoms with van der Waals surface area (Å²) in [7, 11) is 3.96. The van der Waals surface area contributed by atoms with E-state index in [9.17, 15) is 5.11 Å². The average molecular weight is 292 g/mol. The van der Waals surface area contributed by atoms with Gasteiger partial charge in [0.05, 0.1) is 0 Å². The molecule has 1 rings (SSSR count). The molecule has 0 bridgehead atoms. The normalized spacial score (nSPS) is 19.7. The molecule has 1 unspecified atom stereocenters. The van der Waals surface area contributed by atoms with Crippen molar-refractivity contribution in [2.75, 3.05) is 46.9 Å². The van der Waals surface area contributed by atoms with Crippen molar-refractivity contribution in [3.8, 4) is 0 Å². The fraction of sp³-hybridized carbons (Fsp3) is 0.923. The fourth-order valence-corrected chi connectivity index (χ4v) is 2.18. The van der Waals surface area contributed by atoms with Crippen LogP contribution in [-0.2, 0) is 4.84 Å². The van der Waals surface area contributed by atoms with Crippen molar-refractivity contribution in [1.82, 2.24) is 9.80 Å². The Labute approximate surface area is 121 Å². The molecule has 0 aromatic heterocycles. The molecule has 1 heterocycles. The van der Waals surface area contributed by atoms with Gasteiger partial charge in [0.1, 0.15) is 17.9 Å². The quantitative estimate of drug-likeness (QED) is 0.542. The van der Waals surface area contributed by atoms with Crippen LogP contribution in [0.3, 0.4) is 0 Å². The number of aliphatic hydroxyl groups is 1. The summed E-state index contributed by atoms with van der Waals surface area (Å²) in [6, 6.07) is 0. The molecular weight excluding hydrogens is 266 g/mol. The number of halogens is 1. The Morgan fingerprint density at radius 2 is 2.05 bits per heavy atom. The number of oxime groups is 1. The standard InChI is InChI=1S/C13H26ClN3O2/c1-16(2)9-6-13(14)15-19-11-12(18)10-17-7-4-3-5-8-17/h12,18H,3-11H2,1-2H3/b15-13+. The van der Waals surface area contributed by atoms with Crippen molar-refractivity contribution in [2.45, 2.75) is 31.8 Å². The Bertz CT molecular complexity index is 269. The number of hydrogen-bond donors (Lipinski definition) is 1. The third-order valence-electron chi connectivity index (χ3n) is 3.11. The summed E-state index contributed by atoms with van der Waals surface area (Å²) in [5.74, 6) is 0. The van der Waals surface area contributed by atoms with E-state index in [2.05, 4.69) is 10.1 Å². The first kappa shape index (κ1) is 16.7. The van der Waals surface area contributed by atoms with E-state index in [-0.39, 0.29) is 6.61 Å². The van der Waals surface area contributed by atoms with Gasteiger partial charge in [0, 0.05) is 19.5 Å². The van der Waals surface area contributed by atoms with E-state index in [0.717, 1.165) is 19.6 Å². The molecule has 1 N–H and O–H groups in total. The van der Waals surface area contributed by atoms with Crippen molar-refractivity contribution in [1.29, 1.82) is 0 Å². The van der Waals surface area contributed by atoms with Gasteiger partial charge in [-0.3, -0.25) is 0 Å². The molecule has 1 fully saturated rings. The van der Waals surface area contributed by atoms with E-state index in [1.54, 1.807) is 0 Å². The van der Waals surface area contributed by atoms with Crippen LogP contribution in [0.4, 0.5) is 0 Å². The minimum Gasteiger partial charge on any atom is -0.392 e. The van der Waals surface area contributed by atoms with Crippen LogP contribution in [0, 0.1) is 0 Å². The monoisotopic (exact) mass is 291 g/mol. The van der Waals surface area contributed by atoms with Gasteiger partial charge in [-0.05, 0) is 40.0 Å². The lowest BCUT2D eigenvalue weighted by Crippen LogP contribution is -2.38. The summed E-state index contributed by atoms with van der Waals surface area (Å²) in [5.41, 5.74) is 0. The summed E-state index contributed by atoms with van der Waals surface area (Å²) < 4.78 is 0. The minimum absolute atomic E-state index is 0.203. The Kier molecular flexibility index (Phi) is 8.37. The summed E-state index contributed by atoms with van der Waals surface area (Å²) in [6.45, 7) is 3.84. The number of aliphatic hydroxyl groups excluding tert-OH is 1. The Hall–Kier alpha value is -0.360. The summed E-state index contributed by atoms with van der Waals surface area (Å²) >= 11 is 5.91. The number of piperidine rings is 1. The molecule has 1 saturated heterocycles. The van der Waals surface area contributed by atoms with Crippen molar-refractivity contribution in [3.05, 3.63) is 0 Å². The molecule has 0 aromatic rings. The van der Waals surface area contributed by atoms with E-state index >= 15 is 0 Å². The van der Waals surface area contributed by atoms with Crippen LogP contribution < -0.4 is 0 Å². The molecule has 5 nitrogen and oxygen atoms in total. The highest BCUT2D eigenvalue weighted by atomic mass is 35.5. The van der Waals surface area contributed by atoms with Gasteiger partial charge in [-0.15, -0.1) is 0 Å². The molecule has 0 aromatic carbocycles. The molecule has 6 heteroatoms. The number of nitrogens with zero attached hydrogens (tertiary/aromatic N) is 3. The molecule has 19 heavy (non-hydrogen) atoms. The van der Waals surface area contributed by atoms with Gasteiger partial charge in [-0.25, -0.2) is 0 Å². The SMILES string of the molecule is CN(C)CC/C(Cl)=N\OCC(O)CN1CCCCC1. The van der Waals surface area contributed by atoms with Crippen LogP contribution in [0.1, 0.15) is 25.7 Å². The molecule has 0 radical (unpaired) electrons. The zero-order valence-corrected chi connectivity index (χ0v) is 12.8. The average Bonchev–Trinajstić information content (AvgIpc) is 2.37.